The summed E-state index contributed by atoms with van der Waals surface area (Å²) < 4.78 is 29.9. The van der Waals surface area contributed by atoms with Crippen LogP contribution in [0, 0.1) is 5.82 Å². The highest BCUT2D eigenvalue weighted by atomic mass is 19.1. The number of carbonyl (C=O) groups is 1. The zero-order valence-electron chi connectivity index (χ0n) is 17.7. The van der Waals surface area contributed by atoms with Gasteiger partial charge < -0.3 is 19.5 Å². The van der Waals surface area contributed by atoms with Gasteiger partial charge >= 0.3 is 5.97 Å². The zero-order chi connectivity index (χ0) is 21.9. The normalized spacial score (nSPS) is 17.9. The van der Waals surface area contributed by atoms with E-state index in [-0.39, 0.29) is 23.7 Å². The average Bonchev–Trinajstić information content (AvgIpc) is 3.02. The molecular weight excluding hydrogens is 386 g/mol. The number of pyridine rings is 1. The van der Waals surface area contributed by atoms with Gasteiger partial charge in [-0.2, -0.15) is 0 Å². The minimum Gasteiger partial charge on any atom is -0.458 e. The first-order chi connectivity index (χ1) is 14.1. The maximum Gasteiger partial charge on any atom is 0.359 e. The van der Waals surface area contributed by atoms with Gasteiger partial charge in [0.2, 0.25) is 0 Å². The largest absolute Gasteiger partial charge is 0.458 e. The van der Waals surface area contributed by atoms with Gasteiger partial charge in [-0.3, -0.25) is 0 Å². The number of nitrogens with one attached hydrogen (secondary N) is 1. The molecule has 30 heavy (non-hydrogen) atoms. The number of hydrogen-bond acceptors (Lipinski definition) is 6. The topological polar surface area (TPSA) is 69.7 Å². The second-order valence-corrected chi connectivity index (χ2v) is 8.01. The third-order valence-corrected chi connectivity index (χ3v) is 4.62. The minimum atomic E-state index is -0.653. The Bertz CT molecular complexity index is 903. The molecule has 0 aliphatic carbocycles. The van der Waals surface area contributed by atoms with Crippen molar-refractivity contribution in [1.82, 2.24) is 4.98 Å². The molecule has 1 N–H and O–H groups in total. The first-order valence-corrected chi connectivity index (χ1v) is 9.93. The number of anilines is 1. The number of rotatable bonds is 7. The van der Waals surface area contributed by atoms with Crippen LogP contribution in [0.25, 0.3) is 0 Å². The Morgan fingerprint density at radius 2 is 2.07 bits per heavy atom. The molecule has 6 nitrogen and oxygen atoms in total. The Hall–Kier alpha value is -2.45. The van der Waals surface area contributed by atoms with Crippen LogP contribution < -0.4 is 10.8 Å². The summed E-state index contributed by atoms with van der Waals surface area (Å²) >= 11 is 0. The molecule has 0 amide bonds. The Labute approximate surface area is 177 Å². The predicted octanol–water partition coefficient (Wildman–Crippen LogP) is 2.73. The van der Waals surface area contributed by atoms with Gasteiger partial charge in [0.1, 0.15) is 19.8 Å². The summed E-state index contributed by atoms with van der Waals surface area (Å²) in [5, 5.41) is 3.20. The highest BCUT2D eigenvalue weighted by Crippen LogP contribution is 2.23. The van der Waals surface area contributed by atoms with E-state index in [0.29, 0.717) is 36.3 Å². The van der Waals surface area contributed by atoms with Crippen LogP contribution >= 0.6 is 0 Å². The lowest BCUT2D eigenvalue weighted by Gasteiger charge is -2.20. The van der Waals surface area contributed by atoms with Gasteiger partial charge in [0.15, 0.2) is 11.5 Å². The van der Waals surface area contributed by atoms with Crippen molar-refractivity contribution in [2.24, 2.45) is 0 Å². The second-order valence-electron chi connectivity index (χ2n) is 8.01. The Morgan fingerprint density at radius 3 is 2.67 bits per heavy atom. The minimum absolute atomic E-state index is 0.113. The molecule has 0 bridgehead atoms. The molecule has 1 aliphatic heterocycles. The number of nitrogens with zero attached hydrogens (tertiary/aromatic N) is 1. The number of hydrogen-bond donors (Lipinski definition) is 1. The standard InChI is InChI=1S/C22H26BFN2O4/c1-13(2)29-21(27)20-19(26-11-17-12-28-22(3,4)30-17)18(23)15(10-25-20)9-14-5-7-16(24)8-6-14/h5-8,10,13,17,26H,9,11-12H2,1-4H3/t17-/m1/s1. The van der Waals surface area contributed by atoms with Crippen LogP contribution in [0.1, 0.15) is 49.3 Å². The van der Waals surface area contributed by atoms with Gasteiger partial charge in [-0.25, -0.2) is 14.2 Å². The fraction of sp³-hybridized carbons (Fsp3) is 0.455. The van der Waals surface area contributed by atoms with E-state index in [0.717, 1.165) is 5.56 Å². The van der Waals surface area contributed by atoms with Crippen LogP contribution in [0.3, 0.4) is 0 Å². The van der Waals surface area contributed by atoms with E-state index in [1.807, 2.05) is 13.8 Å². The molecule has 2 radical (unpaired) electrons. The monoisotopic (exact) mass is 412 g/mol. The third-order valence-electron chi connectivity index (χ3n) is 4.62. The Kier molecular flexibility index (Phi) is 6.78. The van der Waals surface area contributed by atoms with Crippen molar-refractivity contribution in [1.29, 1.82) is 0 Å². The van der Waals surface area contributed by atoms with Crippen molar-refractivity contribution >= 4 is 25.0 Å². The molecule has 8 heteroatoms. The molecule has 1 aromatic heterocycles. The number of halogens is 1. The van der Waals surface area contributed by atoms with Gasteiger partial charge in [0, 0.05) is 12.7 Å². The van der Waals surface area contributed by atoms with Gasteiger partial charge in [0.05, 0.1) is 18.4 Å². The number of ether oxygens (including phenoxy) is 3. The van der Waals surface area contributed by atoms with Crippen LogP contribution in [-0.2, 0) is 20.6 Å². The fourth-order valence-electron chi connectivity index (χ4n) is 3.21. The van der Waals surface area contributed by atoms with E-state index in [1.165, 1.54) is 12.1 Å². The maximum absolute atomic E-state index is 13.2. The Morgan fingerprint density at radius 1 is 1.37 bits per heavy atom. The number of esters is 1. The second kappa shape index (κ2) is 9.14. The van der Waals surface area contributed by atoms with Crippen molar-refractivity contribution < 1.29 is 23.4 Å². The lowest BCUT2D eigenvalue weighted by Crippen LogP contribution is -2.30. The molecule has 1 aliphatic rings. The fourth-order valence-corrected chi connectivity index (χ4v) is 3.21. The van der Waals surface area contributed by atoms with Crippen molar-refractivity contribution in [2.75, 3.05) is 18.5 Å². The summed E-state index contributed by atoms with van der Waals surface area (Å²) in [5.41, 5.74) is 2.50. The molecule has 158 valence electrons. The molecule has 1 fully saturated rings. The molecule has 1 atom stereocenters. The lowest BCUT2D eigenvalue weighted by atomic mass is 9.86. The summed E-state index contributed by atoms with van der Waals surface area (Å²) in [6, 6.07) is 6.17. The van der Waals surface area contributed by atoms with E-state index in [2.05, 4.69) is 10.3 Å². The molecule has 1 aromatic carbocycles. The SMILES string of the molecule is [B]c1c(Cc2ccc(F)cc2)cnc(C(=O)OC(C)C)c1NC[C@@H]1COC(C)(C)O1. The van der Waals surface area contributed by atoms with Crippen LogP contribution in [0.5, 0.6) is 0 Å². The van der Waals surface area contributed by atoms with Crippen molar-refractivity contribution in [3.8, 4) is 0 Å². The quantitative estimate of drug-likeness (QED) is 0.557. The molecule has 2 aromatic rings. The van der Waals surface area contributed by atoms with Crippen molar-refractivity contribution in [2.45, 2.75) is 52.1 Å². The first-order valence-electron chi connectivity index (χ1n) is 9.93. The van der Waals surface area contributed by atoms with Crippen LogP contribution in [0.2, 0.25) is 0 Å². The van der Waals surface area contributed by atoms with E-state index in [9.17, 15) is 9.18 Å². The first kappa shape index (κ1) is 22.2. The summed E-state index contributed by atoms with van der Waals surface area (Å²) in [6.07, 6.45) is 1.51. The average molecular weight is 412 g/mol. The van der Waals surface area contributed by atoms with Crippen LogP contribution in [0.4, 0.5) is 10.1 Å². The molecule has 0 unspecified atom stereocenters. The number of benzene rings is 1. The van der Waals surface area contributed by atoms with E-state index >= 15 is 0 Å². The summed E-state index contributed by atoms with van der Waals surface area (Å²) in [5.74, 6) is -1.52. The molecule has 3 rings (SSSR count). The number of aromatic nitrogens is 1. The molecule has 1 saturated heterocycles. The van der Waals surface area contributed by atoms with E-state index in [1.54, 1.807) is 32.2 Å². The van der Waals surface area contributed by atoms with Crippen LogP contribution in [-0.4, -0.2) is 49.9 Å². The highest BCUT2D eigenvalue weighted by molar-refractivity contribution is 6.37. The van der Waals surface area contributed by atoms with Gasteiger partial charge in [-0.15, -0.1) is 0 Å². The third kappa shape index (κ3) is 5.58. The molecular formula is C22H26BFN2O4. The van der Waals surface area contributed by atoms with E-state index < -0.39 is 11.8 Å². The number of carbonyl (C=O) groups excluding carboxylic acids is 1. The Balaban J connectivity index is 1.86. The molecule has 2 heterocycles. The highest BCUT2D eigenvalue weighted by Gasteiger charge is 2.32. The predicted molar refractivity (Wildman–Crippen MR) is 113 cm³/mol. The summed E-state index contributed by atoms with van der Waals surface area (Å²) in [4.78, 5) is 16.9. The summed E-state index contributed by atoms with van der Waals surface area (Å²) in [7, 11) is 6.41. The van der Waals surface area contributed by atoms with E-state index in [4.69, 9.17) is 22.1 Å². The van der Waals surface area contributed by atoms with Crippen molar-refractivity contribution in [3.63, 3.8) is 0 Å². The summed E-state index contributed by atoms with van der Waals surface area (Å²) in [6.45, 7) is 8.03. The van der Waals surface area contributed by atoms with Crippen molar-refractivity contribution in [3.05, 3.63) is 53.1 Å². The maximum atomic E-state index is 13.2. The lowest BCUT2D eigenvalue weighted by molar-refractivity contribution is -0.136. The van der Waals surface area contributed by atoms with Gasteiger partial charge in [-0.1, -0.05) is 17.6 Å². The zero-order valence-corrected chi connectivity index (χ0v) is 17.7. The molecule has 0 saturated carbocycles. The van der Waals surface area contributed by atoms with Crippen LogP contribution in [0.15, 0.2) is 30.5 Å². The van der Waals surface area contributed by atoms with Gasteiger partial charge in [-0.05, 0) is 57.4 Å². The molecule has 0 spiro atoms. The van der Waals surface area contributed by atoms with Gasteiger partial charge in [0.25, 0.3) is 0 Å². The smallest absolute Gasteiger partial charge is 0.359 e.